The van der Waals surface area contributed by atoms with Crippen LogP contribution in [0.3, 0.4) is 0 Å². The average molecular weight is 518 g/mol. The summed E-state index contributed by atoms with van der Waals surface area (Å²) < 4.78 is 27.1. The molecule has 0 saturated carbocycles. The Morgan fingerprint density at radius 3 is 2.11 bits per heavy atom. The number of sulfone groups is 1. The lowest BCUT2D eigenvalue weighted by Crippen LogP contribution is -2.46. The number of aromatic nitrogens is 2. The van der Waals surface area contributed by atoms with Gasteiger partial charge in [0.2, 0.25) is 9.84 Å². The summed E-state index contributed by atoms with van der Waals surface area (Å²) >= 11 is 5.95. The van der Waals surface area contributed by atoms with E-state index in [1.54, 1.807) is 6.07 Å². The molecule has 2 heterocycles. The first-order chi connectivity index (χ1) is 17.5. The highest BCUT2D eigenvalue weighted by molar-refractivity contribution is 7.92. The van der Waals surface area contributed by atoms with Crippen LogP contribution in [0.4, 0.5) is 5.82 Å². The second-order valence-corrected chi connectivity index (χ2v) is 11.1. The number of rotatable bonds is 6. The fourth-order valence-electron chi connectivity index (χ4n) is 4.41. The van der Waals surface area contributed by atoms with Gasteiger partial charge in [0, 0.05) is 37.7 Å². The molecular formula is C27H24ClN5O2S. The van der Waals surface area contributed by atoms with Crippen LogP contribution in [-0.2, 0) is 16.4 Å². The smallest absolute Gasteiger partial charge is 0.200 e. The van der Waals surface area contributed by atoms with E-state index in [0.717, 1.165) is 19.6 Å². The van der Waals surface area contributed by atoms with Gasteiger partial charge >= 0.3 is 0 Å². The minimum atomic E-state index is -4.06. The molecule has 1 aliphatic heterocycles. The minimum absolute atomic E-state index is 0.0204. The first-order valence-corrected chi connectivity index (χ1v) is 13.5. The largest absolute Gasteiger partial charge is 0.352 e. The van der Waals surface area contributed by atoms with Crippen LogP contribution in [-0.4, -0.2) is 49.5 Å². The third-order valence-electron chi connectivity index (χ3n) is 6.32. The second kappa shape index (κ2) is 10.2. The van der Waals surface area contributed by atoms with Crippen LogP contribution in [0.15, 0.2) is 83.8 Å². The molecule has 0 N–H and O–H groups in total. The molecule has 1 atom stereocenters. The molecule has 7 nitrogen and oxygen atoms in total. The zero-order valence-electron chi connectivity index (χ0n) is 19.5. The predicted molar refractivity (Wildman–Crippen MR) is 140 cm³/mol. The summed E-state index contributed by atoms with van der Waals surface area (Å²) in [6.07, 6.45) is 0. The monoisotopic (exact) mass is 517 g/mol. The van der Waals surface area contributed by atoms with E-state index in [-0.39, 0.29) is 10.6 Å². The average Bonchev–Trinajstić information content (AvgIpc) is 2.90. The Morgan fingerprint density at radius 1 is 0.861 bits per heavy atom. The van der Waals surface area contributed by atoms with Crippen molar-refractivity contribution in [3.63, 3.8) is 0 Å². The number of para-hydroxylation sites is 2. The Morgan fingerprint density at radius 2 is 1.47 bits per heavy atom. The Labute approximate surface area is 215 Å². The normalized spacial score (nSPS) is 15.5. The van der Waals surface area contributed by atoms with Crippen molar-refractivity contribution in [2.24, 2.45) is 0 Å². The number of hydrogen-bond donors (Lipinski definition) is 0. The first kappa shape index (κ1) is 24.2. The van der Waals surface area contributed by atoms with Gasteiger partial charge in [-0.05, 0) is 42.0 Å². The van der Waals surface area contributed by atoms with Gasteiger partial charge < -0.3 is 4.90 Å². The summed E-state index contributed by atoms with van der Waals surface area (Å²) in [5, 5.41) is 8.99. The maximum atomic E-state index is 13.5. The molecule has 182 valence electrons. The predicted octanol–water partition coefficient (Wildman–Crippen LogP) is 4.64. The summed E-state index contributed by atoms with van der Waals surface area (Å²) in [7, 11) is -4.06. The van der Waals surface area contributed by atoms with Crippen LogP contribution in [0.1, 0.15) is 16.5 Å². The summed E-state index contributed by atoms with van der Waals surface area (Å²) in [5.41, 5.74) is 2.60. The highest BCUT2D eigenvalue weighted by atomic mass is 35.5. The third-order valence-corrected chi connectivity index (χ3v) is 8.45. The van der Waals surface area contributed by atoms with Gasteiger partial charge in [-0.25, -0.2) is 18.4 Å². The standard InChI is InChI=1S/C27H24ClN5O2S/c28-21-10-12-22(13-11-21)36(34,35)25(18-29)26-27(31-24-9-5-4-8-23(24)30-26)33-16-14-32(15-17-33)19-20-6-2-1-3-7-20/h1-13,25H,14-17,19H2/t25-/m0/s1. The van der Waals surface area contributed by atoms with Crippen LogP contribution >= 0.6 is 11.6 Å². The second-order valence-electron chi connectivity index (χ2n) is 8.68. The van der Waals surface area contributed by atoms with Gasteiger partial charge in [-0.1, -0.05) is 54.1 Å². The lowest BCUT2D eigenvalue weighted by Gasteiger charge is -2.36. The Kier molecular flexibility index (Phi) is 6.88. The number of fused-ring (bicyclic) bond motifs is 1. The Hall–Kier alpha value is -3.51. The first-order valence-electron chi connectivity index (χ1n) is 11.6. The number of nitrogens with zero attached hydrogens (tertiary/aromatic N) is 5. The quantitative estimate of drug-likeness (QED) is 0.368. The molecule has 1 aromatic heterocycles. The highest BCUT2D eigenvalue weighted by Crippen LogP contribution is 2.34. The van der Waals surface area contributed by atoms with Gasteiger partial charge in [-0.2, -0.15) is 5.26 Å². The van der Waals surface area contributed by atoms with Crippen LogP contribution in [0.2, 0.25) is 5.02 Å². The molecule has 0 spiro atoms. The number of hydrogen-bond acceptors (Lipinski definition) is 7. The lowest BCUT2D eigenvalue weighted by atomic mass is 10.2. The highest BCUT2D eigenvalue weighted by Gasteiger charge is 2.35. The van der Waals surface area contributed by atoms with Crippen molar-refractivity contribution in [2.45, 2.75) is 16.7 Å². The molecule has 0 amide bonds. The fraction of sp³-hybridized carbons (Fsp3) is 0.222. The van der Waals surface area contributed by atoms with E-state index in [9.17, 15) is 13.7 Å². The summed E-state index contributed by atoms with van der Waals surface area (Å²) in [4.78, 5) is 13.9. The van der Waals surface area contributed by atoms with Crippen molar-refractivity contribution in [2.75, 3.05) is 31.1 Å². The molecule has 5 rings (SSSR count). The lowest BCUT2D eigenvalue weighted by molar-refractivity contribution is 0.249. The molecule has 1 saturated heterocycles. The Bertz CT molecular complexity index is 1510. The molecule has 0 radical (unpaired) electrons. The van der Waals surface area contributed by atoms with Gasteiger partial charge in [0.25, 0.3) is 0 Å². The van der Waals surface area contributed by atoms with Crippen molar-refractivity contribution in [3.05, 3.63) is 95.1 Å². The van der Waals surface area contributed by atoms with E-state index >= 15 is 0 Å². The minimum Gasteiger partial charge on any atom is -0.352 e. The molecule has 1 aliphatic rings. The molecule has 0 unspecified atom stereocenters. The van der Waals surface area contributed by atoms with Crippen molar-refractivity contribution in [1.82, 2.24) is 14.9 Å². The number of nitriles is 1. The van der Waals surface area contributed by atoms with Crippen molar-refractivity contribution >= 4 is 38.3 Å². The molecule has 4 aromatic rings. The molecule has 0 aliphatic carbocycles. The van der Waals surface area contributed by atoms with Gasteiger partial charge in [-0.15, -0.1) is 0 Å². The summed E-state index contributed by atoms with van der Waals surface area (Å²) in [6.45, 7) is 3.70. The van der Waals surface area contributed by atoms with Crippen LogP contribution in [0.5, 0.6) is 0 Å². The van der Waals surface area contributed by atoms with Crippen molar-refractivity contribution in [3.8, 4) is 6.07 Å². The summed E-state index contributed by atoms with van der Waals surface area (Å²) in [5.74, 6) is 0.442. The van der Waals surface area contributed by atoms with Crippen LogP contribution < -0.4 is 4.90 Å². The number of anilines is 1. The fourth-order valence-corrected chi connectivity index (χ4v) is 5.91. The Balaban J connectivity index is 1.49. The van der Waals surface area contributed by atoms with E-state index in [2.05, 4.69) is 22.0 Å². The van der Waals surface area contributed by atoms with Gasteiger partial charge in [0.15, 0.2) is 11.1 Å². The molecule has 9 heteroatoms. The van der Waals surface area contributed by atoms with Gasteiger partial charge in [0.05, 0.1) is 22.0 Å². The molecule has 3 aromatic carbocycles. The zero-order valence-corrected chi connectivity index (χ0v) is 21.0. The van der Waals surface area contributed by atoms with Crippen LogP contribution in [0, 0.1) is 11.3 Å². The van der Waals surface area contributed by atoms with E-state index < -0.39 is 15.1 Å². The molecule has 0 bridgehead atoms. The topological polar surface area (TPSA) is 90.2 Å². The van der Waals surface area contributed by atoms with Gasteiger partial charge in [0.1, 0.15) is 5.69 Å². The van der Waals surface area contributed by atoms with Crippen molar-refractivity contribution in [1.29, 1.82) is 5.26 Å². The van der Waals surface area contributed by atoms with Crippen LogP contribution in [0.25, 0.3) is 11.0 Å². The summed E-state index contributed by atoms with van der Waals surface area (Å²) in [6, 6.07) is 25.4. The van der Waals surface area contributed by atoms with Crippen molar-refractivity contribution < 1.29 is 8.42 Å². The van der Waals surface area contributed by atoms with E-state index in [0.29, 0.717) is 35.0 Å². The van der Waals surface area contributed by atoms with E-state index in [1.165, 1.54) is 29.8 Å². The molecule has 1 fully saturated rings. The third kappa shape index (κ3) is 4.91. The maximum absolute atomic E-state index is 13.5. The van der Waals surface area contributed by atoms with Gasteiger partial charge in [-0.3, -0.25) is 4.90 Å². The maximum Gasteiger partial charge on any atom is 0.200 e. The van der Waals surface area contributed by atoms with E-state index in [4.69, 9.17) is 16.6 Å². The van der Waals surface area contributed by atoms with E-state index in [1.807, 2.05) is 47.4 Å². The molecule has 36 heavy (non-hydrogen) atoms. The number of piperazine rings is 1. The number of benzene rings is 3. The zero-order chi connectivity index (χ0) is 25.1. The molecular weight excluding hydrogens is 494 g/mol. The SMILES string of the molecule is N#C[C@@H](c1nc2ccccc2nc1N1CCN(Cc2ccccc2)CC1)S(=O)(=O)c1ccc(Cl)cc1. The number of halogens is 1.